The molecule has 1 aromatic heterocycles. The van der Waals surface area contributed by atoms with Gasteiger partial charge in [-0.2, -0.15) is 0 Å². The van der Waals surface area contributed by atoms with Gasteiger partial charge in [-0.25, -0.2) is 8.78 Å². The van der Waals surface area contributed by atoms with E-state index in [1.165, 1.54) is 7.11 Å². The van der Waals surface area contributed by atoms with Crippen LogP contribution in [0.25, 0.3) is 0 Å². The predicted molar refractivity (Wildman–Crippen MR) is 55.9 cm³/mol. The third-order valence-corrected chi connectivity index (χ3v) is 2.15. The highest BCUT2D eigenvalue weighted by Gasteiger charge is 2.23. The van der Waals surface area contributed by atoms with Crippen LogP contribution in [0.2, 0.25) is 0 Å². The number of nitrogens with zero attached hydrogens (tertiary/aromatic N) is 1. The highest BCUT2D eigenvalue weighted by molar-refractivity contribution is 5.75. The number of alkyl halides is 2. The van der Waals surface area contributed by atoms with Gasteiger partial charge in [-0.3, -0.25) is 9.78 Å². The van der Waals surface area contributed by atoms with Crippen LogP contribution in [-0.4, -0.2) is 25.2 Å². The lowest BCUT2D eigenvalue weighted by Crippen LogP contribution is -2.11. The molecule has 17 heavy (non-hydrogen) atoms. The topological polar surface area (TPSA) is 74.4 Å². The van der Waals surface area contributed by atoms with E-state index in [-0.39, 0.29) is 23.4 Å². The number of halogens is 2. The monoisotopic (exact) mass is 246 g/mol. The quantitative estimate of drug-likeness (QED) is 0.811. The number of esters is 1. The van der Waals surface area contributed by atoms with Crippen LogP contribution in [0.4, 0.5) is 14.5 Å². The highest BCUT2D eigenvalue weighted by Crippen LogP contribution is 2.32. The summed E-state index contributed by atoms with van der Waals surface area (Å²) in [6.45, 7) is 0. The second kappa shape index (κ2) is 5.42. The molecule has 0 fully saturated rings. The van der Waals surface area contributed by atoms with Crippen molar-refractivity contribution < 1.29 is 23.0 Å². The first-order chi connectivity index (χ1) is 8.01. The van der Waals surface area contributed by atoms with Gasteiger partial charge in [0, 0.05) is 5.56 Å². The van der Waals surface area contributed by atoms with Crippen molar-refractivity contribution in [1.82, 2.24) is 4.98 Å². The van der Waals surface area contributed by atoms with Crippen molar-refractivity contribution in [2.45, 2.75) is 12.8 Å². The van der Waals surface area contributed by atoms with Gasteiger partial charge >= 0.3 is 5.97 Å². The van der Waals surface area contributed by atoms with E-state index >= 15 is 0 Å². The average Bonchev–Trinajstić information content (AvgIpc) is 2.28. The maximum absolute atomic E-state index is 12.7. The van der Waals surface area contributed by atoms with Crippen molar-refractivity contribution in [2.24, 2.45) is 0 Å². The zero-order chi connectivity index (χ0) is 13.0. The molecule has 0 amide bonds. The molecule has 0 aromatic carbocycles. The van der Waals surface area contributed by atoms with Crippen molar-refractivity contribution in [3.8, 4) is 5.75 Å². The van der Waals surface area contributed by atoms with Gasteiger partial charge in [-0.1, -0.05) is 0 Å². The fourth-order valence-electron chi connectivity index (χ4n) is 1.38. The van der Waals surface area contributed by atoms with Crippen LogP contribution in [0, 0.1) is 0 Å². The smallest absolute Gasteiger partial charge is 0.310 e. The zero-order valence-electron chi connectivity index (χ0n) is 9.37. The Morgan fingerprint density at radius 1 is 1.53 bits per heavy atom. The van der Waals surface area contributed by atoms with E-state index < -0.39 is 18.1 Å². The Morgan fingerprint density at radius 2 is 2.18 bits per heavy atom. The first-order valence-corrected chi connectivity index (χ1v) is 4.67. The van der Waals surface area contributed by atoms with Crippen molar-refractivity contribution in [1.29, 1.82) is 0 Å². The van der Waals surface area contributed by atoms with Gasteiger partial charge in [0.25, 0.3) is 6.43 Å². The molecular formula is C10H12F2N2O3. The summed E-state index contributed by atoms with van der Waals surface area (Å²) < 4.78 is 34.8. The standard InChI is InChI=1S/C10H12F2N2O3/c1-16-7(15)3-5-8(10(11)12)14-4-6(13)9(5)17-2/h4,10H,3,13H2,1-2H3. The minimum absolute atomic E-state index is 0.0284. The van der Waals surface area contributed by atoms with Crippen molar-refractivity contribution >= 4 is 11.7 Å². The van der Waals surface area contributed by atoms with Gasteiger partial charge in [0.15, 0.2) is 0 Å². The molecule has 0 radical (unpaired) electrons. The van der Waals surface area contributed by atoms with Crippen LogP contribution in [-0.2, 0) is 16.0 Å². The molecule has 0 unspecified atom stereocenters. The summed E-state index contributed by atoms with van der Waals surface area (Å²) in [6.07, 6.45) is -2.11. The summed E-state index contributed by atoms with van der Waals surface area (Å²) in [5.41, 5.74) is 5.05. The maximum atomic E-state index is 12.7. The Bertz CT molecular complexity index is 424. The first kappa shape index (κ1) is 13.1. The third kappa shape index (κ3) is 2.80. The van der Waals surface area contributed by atoms with E-state index in [1.807, 2.05) is 0 Å². The lowest BCUT2D eigenvalue weighted by atomic mass is 10.1. The number of nitrogens with two attached hydrogens (primary N) is 1. The highest BCUT2D eigenvalue weighted by atomic mass is 19.3. The summed E-state index contributed by atoms with van der Waals surface area (Å²) in [7, 11) is 2.44. The number of hydrogen-bond donors (Lipinski definition) is 1. The van der Waals surface area contributed by atoms with Crippen molar-refractivity contribution in [2.75, 3.05) is 20.0 Å². The van der Waals surface area contributed by atoms with Crippen LogP contribution in [0.3, 0.4) is 0 Å². The molecule has 1 heterocycles. The lowest BCUT2D eigenvalue weighted by Gasteiger charge is -2.13. The molecule has 0 spiro atoms. The Balaban J connectivity index is 3.28. The second-order valence-corrected chi connectivity index (χ2v) is 3.16. The molecule has 0 aliphatic heterocycles. The molecule has 94 valence electrons. The Labute approximate surface area is 96.5 Å². The van der Waals surface area contributed by atoms with Gasteiger partial charge in [0.05, 0.1) is 32.5 Å². The molecule has 1 rings (SSSR count). The average molecular weight is 246 g/mol. The number of rotatable bonds is 4. The largest absolute Gasteiger partial charge is 0.494 e. The van der Waals surface area contributed by atoms with Crippen LogP contribution in [0.5, 0.6) is 5.75 Å². The van der Waals surface area contributed by atoms with E-state index in [0.717, 1.165) is 13.3 Å². The predicted octanol–water partition coefficient (Wildman–Crippen LogP) is 1.33. The molecule has 2 N–H and O–H groups in total. The van der Waals surface area contributed by atoms with E-state index in [4.69, 9.17) is 10.5 Å². The van der Waals surface area contributed by atoms with Crippen LogP contribution < -0.4 is 10.5 Å². The fraction of sp³-hybridized carbons (Fsp3) is 0.400. The number of aromatic nitrogens is 1. The molecule has 0 aliphatic rings. The van der Waals surface area contributed by atoms with Gasteiger partial charge in [-0.15, -0.1) is 0 Å². The molecule has 0 atom stereocenters. The first-order valence-electron chi connectivity index (χ1n) is 4.67. The van der Waals surface area contributed by atoms with Gasteiger partial charge < -0.3 is 15.2 Å². The summed E-state index contributed by atoms with van der Waals surface area (Å²) in [5.74, 6) is -0.640. The Kier molecular flexibility index (Phi) is 4.19. The summed E-state index contributed by atoms with van der Waals surface area (Å²) in [4.78, 5) is 14.7. The number of ether oxygens (including phenoxy) is 2. The van der Waals surface area contributed by atoms with Crippen LogP contribution in [0.1, 0.15) is 17.7 Å². The number of carbonyl (C=O) groups excluding carboxylic acids is 1. The minimum atomic E-state index is -2.82. The SMILES string of the molecule is COC(=O)Cc1c(C(F)F)ncc(N)c1OC. The van der Waals surface area contributed by atoms with Gasteiger partial charge in [0.2, 0.25) is 0 Å². The number of nitrogen functional groups attached to an aromatic ring is 1. The van der Waals surface area contributed by atoms with Crippen molar-refractivity contribution in [3.63, 3.8) is 0 Å². The molecule has 7 heteroatoms. The Hall–Kier alpha value is -1.92. The van der Waals surface area contributed by atoms with Crippen LogP contribution >= 0.6 is 0 Å². The summed E-state index contributed by atoms with van der Waals surface area (Å²) in [5, 5.41) is 0. The molecule has 0 aliphatic carbocycles. The number of methoxy groups -OCH3 is 2. The maximum Gasteiger partial charge on any atom is 0.310 e. The summed E-state index contributed by atoms with van der Waals surface area (Å²) in [6, 6.07) is 0. The van der Waals surface area contributed by atoms with E-state index in [1.54, 1.807) is 0 Å². The third-order valence-electron chi connectivity index (χ3n) is 2.15. The number of pyridine rings is 1. The number of carbonyl (C=O) groups is 1. The second-order valence-electron chi connectivity index (χ2n) is 3.16. The minimum Gasteiger partial charge on any atom is -0.494 e. The van der Waals surface area contributed by atoms with Crippen molar-refractivity contribution in [3.05, 3.63) is 17.5 Å². The molecule has 0 saturated carbocycles. The number of anilines is 1. The molecule has 0 saturated heterocycles. The fourth-order valence-corrected chi connectivity index (χ4v) is 1.38. The molecule has 1 aromatic rings. The molecule has 5 nitrogen and oxygen atoms in total. The summed E-state index contributed by atoms with van der Waals surface area (Å²) >= 11 is 0. The lowest BCUT2D eigenvalue weighted by molar-refractivity contribution is -0.139. The molecular weight excluding hydrogens is 234 g/mol. The Morgan fingerprint density at radius 3 is 2.65 bits per heavy atom. The van der Waals surface area contributed by atoms with E-state index in [0.29, 0.717) is 0 Å². The van der Waals surface area contributed by atoms with Gasteiger partial charge in [-0.05, 0) is 0 Å². The van der Waals surface area contributed by atoms with Crippen LogP contribution in [0.15, 0.2) is 6.20 Å². The van der Waals surface area contributed by atoms with E-state index in [2.05, 4.69) is 9.72 Å². The van der Waals surface area contributed by atoms with Gasteiger partial charge in [0.1, 0.15) is 11.4 Å². The number of hydrogen-bond acceptors (Lipinski definition) is 5. The van der Waals surface area contributed by atoms with E-state index in [9.17, 15) is 13.6 Å². The molecule has 0 bridgehead atoms. The zero-order valence-corrected chi connectivity index (χ0v) is 9.37. The normalized spacial score (nSPS) is 10.4.